The number of carbonyl (C=O) groups is 2. The molecule has 1 heterocycles. The summed E-state index contributed by atoms with van der Waals surface area (Å²) in [4.78, 5) is 34.2. The van der Waals surface area contributed by atoms with E-state index < -0.39 is 4.92 Å². The number of rotatable bonds is 2. The van der Waals surface area contributed by atoms with Crippen LogP contribution in [0.3, 0.4) is 0 Å². The van der Waals surface area contributed by atoms with Crippen LogP contribution in [0.15, 0.2) is 24.3 Å². The minimum Gasteiger partial charge on any atom is -0.412 e. The molecule has 1 aliphatic heterocycles. The van der Waals surface area contributed by atoms with Crippen LogP contribution in [-0.4, -0.2) is 33.7 Å². The van der Waals surface area contributed by atoms with Gasteiger partial charge in [-0.15, -0.1) is 11.8 Å². The molecule has 1 aromatic carbocycles. The van der Waals surface area contributed by atoms with Crippen LogP contribution in [0.4, 0.5) is 11.4 Å². The van der Waals surface area contributed by atoms with Crippen molar-refractivity contribution in [3.63, 3.8) is 0 Å². The molecule has 1 aromatic rings. The normalized spacial score (nSPS) is 15.2. The van der Waals surface area contributed by atoms with Crippen LogP contribution in [0.1, 0.15) is 0 Å². The monoisotopic (exact) mass is 270 g/mol. The van der Waals surface area contributed by atoms with Crippen molar-refractivity contribution in [2.24, 2.45) is 0 Å². The molecule has 96 valence electrons. The summed E-state index contributed by atoms with van der Waals surface area (Å²) in [6.45, 7) is 0. The zero-order valence-corrected chi connectivity index (χ0v) is 9.98. The molecule has 0 aliphatic carbocycles. The molecule has 8 heteroatoms. The van der Waals surface area contributed by atoms with Crippen molar-refractivity contribution >= 4 is 35.0 Å². The number of nitro groups is 1. The second-order valence-corrected chi connectivity index (χ2v) is 4.37. The number of nitrogens with zero attached hydrogens (tertiary/aromatic N) is 2. The van der Waals surface area contributed by atoms with Crippen molar-refractivity contribution in [2.75, 3.05) is 16.4 Å². The maximum Gasteiger partial charge on any atom is 0.269 e. The van der Waals surface area contributed by atoms with E-state index in [1.807, 2.05) is 0 Å². The molecule has 2 rings (SSSR count). The third kappa shape index (κ3) is 2.66. The average Bonchev–Trinajstić information content (AvgIpc) is 2.29. The first kappa shape index (κ1) is 14.1. The first-order chi connectivity index (χ1) is 8.09. The van der Waals surface area contributed by atoms with Crippen LogP contribution >= 0.6 is 11.8 Å². The molecular weight excluding hydrogens is 260 g/mol. The van der Waals surface area contributed by atoms with E-state index in [2.05, 4.69) is 0 Å². The summed E-state index contributed by atoms with van der Waals surface area (Å²) in [5.74, 6) is -0.0777. The summed E-state index contributed by atoms with van der Waals surface area (Å²) in [6, 6.07) is 5.36. The van der Waals surface area contributed by atoms with Gasteiger partial charge in [0.15, 0.2) is 0 Å². The van der Waals surface area contributed by atoms with Crippen LogP contribution < -0.4 is 4.90 Å². The third-order valence-electron chi connectivity index (χ3n) is 2.27. The average molecular weight is 270 g/mol. The Bertz CT molecular complexity index is 472. The number of hydrogen-bond acceptors (Lipinski definition) is 5. The topological polar surface area (TPSA) is 112 Å². The zero-order valence-electron chi connectivity index (χ0n) is 9.16. The van der Waals surface area contributed by atoms with Gasteiger partial charge in [-0.3, -0.25) is 19.7 Å². The Morgan fingerprint density at radius 3 is 2.06 bits per heavy atom. The second-order valence-electron chi connectivity index (χ2n) is 3.39. The molecular formula is C10H10N2O5S. The molecule has 2 amide bonds. The highest BCUT2D eigenvalue weighted by Crippen LogP contribution is 2.23. The van der Waals surface area contributed by atoms with Gasteiger partial charge in [-0.1, -0.05) is 0 Å². The predicted octanol–water partition coefficient (Wildman–Crippen LogP) is 0.377. The Labute approximate surface area is 106 Å². The number of imide groups is 1. The van der Waals surface area contributed by atoms with Crippen LogP contribution in [0.5, 0.6) is 0 Å². The van der Waals surface area contributed by atoms with Gasteiger partial charge < -0.3 is 5.48 Å². The highest BCUT2D eigenvalue weighted by atomic mass is 32.2. The Balaban J connectivity index is 0.00000162. The fourth-order valence-corrected chi connectivity index (χ4v) is 2.21. The summed E-state index contributed by atoms with van der Waals surface area (Å²) in [6.07, 6.45) is 0. The van der Waals surface area contributed by atoms with E-state index in [1.54, 1.807) is 0 Å². The molecule has 2 N–H and O–H groups in total. The Morgan fingerprint density at radius 1 is 1.11 bits per heavy atom. The molecule has 1 fully saturated rings. The highest BCUT2D eigenvalue weighted by molar-refractivity contribution is 8.00. The second kappa shape index (κ2) is 5.61. The maximum atomic E-state index is 11.6. The lowest BCUT2D eigenvalue weighted by atomic mass is 10.2. The number of anilines is 1. The standard InChI is InChI=1S/C10H8N2O4S.H2O/c13-9-5-17-6-10(14)11(9)7-1-3-8(4-2-7)12(15)16;/h1-4H,5-6H2;1H2. The van der Waals surface area contributed by atoms with E-state index in [0.717, 1.165) is 4.90 Å². The number of hydrogen-bond donors (Lipinski definition) is 0. The lowest BCUT2D eigenvalue weighted by Gasteiger charge is -2.24. The number of amides is 2. The van der Waals surface area contributed by atoms with Crippen LogP contribution in [0.2, 0.25) is 0 Å². The SMILES string of the molecule is O.O=C1CSCC(=O)N1c1ccc([N+](=O)[O-])cc1. The first-order valence-corrected chi connectivity index (χ1v) is 5.93. The largest absolute Gasteiger partial charge is 0.412 e. The summed E-state index contributed by atoms with van der Waals surface area (Å²) >= 11 is 1.27. The van der Waals surface area contributed by atoms with Gasteiger partial charge in [0.1, 0.15) is 0 Å². The molecule has 0 bridgehead atoms. The summed E-state index contributed by atoms with van der Waals surface area (Å²) < 4.78 is 0. The van der Waals surface area contributed by atoms with E-state index in [4.69, 9.17) is 0 Å². The molecule has 0 atom stereocenters. The lowest BCUT2D eigenvalue weighted by Crippen LogP contribution is -2.43. The van der Waals surface area contributed by atoms with Crippen molar-refractivity contribution in [3.8, 4) is 0 Å². The number of nitro benzene ring substituents is 1. The van der Waals surface area contributed by atoms with Gasteiger partial charge in [0, 0.05) is 12.1 Å². The lowest BCUT2D eigenvalue weighted by molar-refractivity contribution is -0.384. The van der Waals surface area contributed by atoms with Crippen molar-refractivity contribution < 1.29 is 20.0 Å². The predicted molar refractivity (Wildman–Crippen MR) is 66.5 cm³/mol. The Hall–Kier alpha value is -1.93. The van der Waals surface area contributed by atoms with Gasteiger partial charge in [-0.05, 0) is 12.1 Å². The van der Waals surface area contributed by atoms with Gasteiger partial charge in [0.25, 0.3) is 5.69 Å². The first-order valence-electron chi connectivity index (χ1n) is 4.77. The quantitative estimate of drug-likeness (QED) is 0.438. The van der Waals surface area contributed by atoms with Crippen molar-refractivity contribution in [1.82, 2.24) is 0 Å². The molecule has 0 radical (unpaired) electrons. The molecule has 18 heavy (non-hydrogen) atoms. The van der Waals surface area contributed by atoms with Crippen molar-refractivity contribution in [2.45, 2.75) is 0 Å². The smallest absolute Gasteiger partial charge is 0.269 e. The minimum absolute atomic E-state index is 0. The molecule has 0 unspecified atom stereocenters. The molecule has 0 aromatic heterocycles. The molecule has 0 saturated carbocycles. The fourth-order valence-electron chi connectivity index (χ4n) is 1.51. The van der Waals surface area contributed by atoms with E-state index >= 15 is 0 Å². The van der Waals surface area contributed by atoms with Crippen LogP contribution in [-0.2, 0) is 9.59 Å². The van der Waals surface area contributed by atoms with Gasteiger partial charge in [-0.25, -0.2) is 4.90 Å². The third-order valence-corrected chi connectivity index (χ3v) is 3.17. The summed E-state index contributed by atoms with van der Waals surface area (Å²) in [7, 11) is 0. The van der Waals surface area contributed by atoms with Crippen molar-refractivity contribution in [1.29, 1.82) is 0 Å². The molecule has 7 nitrogen and oxygen atoms in total. The number of carbonyl (C=O) groups excluding carboxylic acids is 2. The van der Waals surface area contributed by atoms with Gasteiger partial charge in [0.05, 0.1) is 22.1 Å². The Morgan fingerprint density at radius 2 is 1.61 bits per heavy atom. The van der Waals surface area contributed by atoms with Crippen molar-refractivity contribution in [3.05, 3.63) is 34.4 Å². The van der Waals surface area contributed by atoms with E-state index in [1.165, 1.54) is 36.0 Å². The van der Waals surface area contributed by atoms with Gasteiger partial charge in [0.2, 0.25) is 11.8 Å². The Kier molecular flexibility index (Phi) is 4.40. The molecule has 1 aliphatic rings. The highest BCUT2D eigenvalue weighted by Gasteiger charge is 2.27. The maximum absolute atomic E-state index is 11.6. The van der Waals surface area contributed by atoms with E-state index in [-0.39, 0.29) is 34.5 Å². The zero-order chi connectivity index (χ0) is 12.4. The van der Waals surface area contributed by atoms with Gasteiger partial charge >= 0.3 is 0 Å². The van der Waals surface area contributed by atoms with Crippen LogP contribution in [0, 0.1) is 10.1 Å². The van der Waals surface area contributed by atoms with Gasteiger partial charge in [-0.2, -0.15) is 0 Å². The van der Waals surface area contributed by atoms with E-state index in [9.17, 15) is 19.7 Å². The van der Waals surface area contributed by atoms with E-state index in [0.29, 0.717) is 5.69 Å². The molecule has 0 spiro atoms. The molecule has 1 saturated heterocycles. The number of thioether (sulfide) groups is 1. The summed E-state index contributed by atoms with van der Waals surface area (Å²) in [5.41, 5.74) is 0.311. The minimum atomic E-state index is -0.528. The van der Waals surface area contributed by atoms with Crippen LogP contribution in [0.25, 0.3) is 0 Å². The summed E-state index contributed by atoms with van der Waals surface area (Å²) in [5, 5.41) is 10.5. The fraction of sp³-hybridized carbons (Fsp3) is 0.200. The number of benzene rings is 1. The number of non-ortho nitro benzene ring substituents is 1.